The summed E-state index contributed by atoms with van der Waals surface area (Å²) in [5, 5.41) is 4.65. The Kier molecular flexibility index (Phi) is 4.10. The average Bonchev–Trinajstić information content (AvgIpc) is 3.02. The van der Waals surface area contributed by atoms with Gasteiger partial charge in [-0.15, -0.1) is 0 Å². The molecule has 3 rings (SSSR count). The lowest BCUT2D eigenvalue weighted by atomic mass is 10.1. The summed E-state index contributed by atoms with van der Waals surface area (Å²) < 4.78 is 1.62. The molecule has 0 unspecified atom stereocenters. The van der Waals surface area contributed by atoms with Gasteiger partial charge in [-0.1, -0.05) is 25.4 Å². The predicted octanol–water partition coefficient (Wildman–Crippen LogP) is 2.53. The summed E-state index contributed by atoms with van der Waals surface area (Å²) in [4.78, 5) is 23.4. The molecular weight excluding hydrogens is 314 g/mol. The van der Waals surface area contributed by atoms with Gasteiger partial charge in [0.15, 0.2) is 5.69 Å². The Bertz CT molecular complexity index is 768. The van der Waals surface area contributed by atoms with Gasteiger partial charge < -0.3 is 4.90 Å². The monoisotopic (exact) mass is 333 g/mol. The molecule has 2 aromatic rings. The average molecular weight is 334 g/mol. The zero-order valence-electron chi connectivity index (χ0n) is 13.8. The summed E-state index contributed by atoms with van der Waals surface area (Å²) in [7, 11) is 1.78. The first-order valence-electron chi connectivity index (χ1n) is 7.68. The molecule has 0 aromatic carbocycles. The highest BCUT2D eigenvalue weighted by molar-refractivity contribution is 6.34. The molecule has 6 nitrogen and oxygen atoms in total. The highest BCUT2D eigenvalue weighted by atomic mass is 35.5. The Morgan fingerprint density at radius 3 is 2.74 bits per heavy atom. The minimum absolute atomic E-state index is 0.165. The SMILES string of the molecule is Cc1c(Cl)c(C(=O)N2Cc3cnc(CC(C)C)nc3C2)nn1C. The number of nitrogens with zero attached hydrogens (tertiary/aromatic N) is 5. The van der Waals surface area contributed by atoms with E-state index in [0.717, 1.165) is 29.2 Å². The van der Waals surface area contributed by atoms with Crippen molar-refractivity contribution in [3.05, 3.63) is 39.7 Å². The van der Waals surface area contributed by atoms with Crippen LogP contribution in [0.25, 0.3) is 0 Å². The van der Waals surface area contributed by atoms with E-state index in [-0.39, 0.29) is 5.91 Å². The van der Waals surface area contributed by atoms with Crippen molar-refractivity contribution < 1.29 is 4.79 Å². The molecule has 0 bridgehead atoms. The molecule has 0 N–H and O–H groups in total. The number of fused-ring (bicyclic) bond motifs is 1. The molecule has 0 saturated carbocycles. The molecule has 7 heteroatoms. The molecular formula is C16H20ClN5O. The predicted molar refractivity (Wildman–Crippen MR) is 87.1 cm³/mol. The molecule has 1 aliphatic heterocycles. The van der Waals surface area contributed by atoms with E-state index >= 15 is 0 Å². The van der Waals surface area contributed by atoms with Gasteiger partial charge >= 0.3 is 0 Å². The fraction of sp³-hybridized carbons (Fsp3) is 0.500. The molecule has 2 aromatic heterocycles. The van der Waals surface area contributed by atoms with E-state index in [9.17, 15) is 4.79 Å². The van der Waals surface area contributed by atoms with Gasteiger partial charge in [-0.3, -0.25) is 9.48 Å². The number of rotatable bonds is 3. The van der Waals surface area contributed by atoms with Crippen molar-refractivity contribution in [3.63, 3.8) is 0 Å². The van der Waals surface area contributed by atoms with Crippen LogP contribution in [-0.4, -0.2) is 30.6 Å². The van der Waals surface area contributed by atoms with E-state index in [4.69, 9.17) is 11.6 Å². The van der Waals surface area contributed by atoms with Gasteiger partial charge in [-0.05, 0) is 12.8 Å². The van der Waals surface area contributed by atoms with E-state index in [2.05, 4.69) is 28.9 Å². The quantitative estimate of drug-likeness (QED) is 0.865. The number of carbonyl (C=O) groups is 1. The van der Waals surface area contributed by atoms with Gasteiger partial charge in [0.05, 0.1) is 23.0 Å². The molecule has 0 aliphatic carbocycles. The molecule has 0 radical (unpaired) electrons. The van der Waals surface area contributed by atoms with Crippen LogP contribution in [0.4, 0.5) is 0 Å². The van der Waals surface area contributed by atoms with Gasteiger partial charge in [0.1, 0.15) is 5.82 Å². The van der Waals surface area contributed by atoms with E-state index < -0.39 is 0 Å². The van der Waals surface area contributed by atoms with Crippen molar-refractivity contribution in [2.45, 2.75) is 40.3 Å². The first kappa shape index (κ1) is 15.9. The minimum Gasteiger partial charge on any atom is -0.327 e. The smallest absolute Gasteiger partial charge is 0.276 e. The maximum atomic E-state index is 12.7. The van der Waals surface area contributed by atoms with Gasteiger partial charge in [0, 0.05) is 31.8 Å². The summed E-state index contributed by atoms with van der Waals surface area (Å²) in [6.07, 6.45) is 2.67. The maximum Gasteiger partial charge on any atom is 0.276 e. The molecule has 122 valence electrons. The van der Waals surface area contributed by atoms with E-state index in [1.165, 1.54) is 0 Å². The van der Waals surface area contributed by atoms with E-state index in [0.29, 0.717) is 29.7 Å². The second-order valence-electron chi connectivity index (χ2n) is 6.39. The molecule has 3 heterocycles. The summed E-state index contributed by atoms with van der Waals surface area (Å²) in [5.74, 6) is 1.17. The van der Waals surface area contributed by atoms with E-state index in [1.54, 1.807) is 16.6 Å². The Morgan fingerprint density at radius 2 is 2.13 bits per heavy atom. The third-order valence-electron chi connectivity index (χ3n) is 4.05. The fourth-order valence-electron chi connectivity index (χ4n) is 2.67. The molecule has 0 atom stereocenters. The van der Waals surface area contributed by atoms with E-state index in [1.807, 2.05) is 13.1 Å². The van der Waals surface area contributed by atoms with Crippen LogP contribution in [0, 0.1) is 12.8 Å². The highest BCUT2D eigenvalue weighted by Gasteiger charge is 2.29. The maximum absolute atomic E-state index is 12.7. The van der Waals surface area contributed by atoms with Gasteiger partial charge in [-0.2, -0.15) is 5.10 Å². The summed E-state index contributed by atoms with van der Waals surface area (Å²) >= 11 is 6.22. The topological polar surface area (TPSA) is 63.9 Å². The molecule has 0 spiro atoms. The van der Waals surface area contributed by atoms with Crippen LogP contribution in [0.5, 0.6) is 0 Å². The molecule has 23 heavy (non-hydrogen) atoms. The lowest BCUT2D eigenvalue weighted by Crippen LogP contribution is -2.26. The number of carbonyl (C=O) groups excluding carboxylic acids is 1. The fourth-order valence-corrected chi connectivity index (χ4v) is 2.91. The zero-order valence-corrected chi connectivity index (χ0v) is 14.6. The number of aromatic nitrogens is 4. The Labute approximate surface area is 140 Å². The molecule has 1 amide bonds. The van der Waals surface area contributed by atoms with Crippen LogP contribution in [0.2, 0.25) is 5.02 Å². The highest BCUT2D eigenvalue weighted by Crippen LogP contribution is 2.26. The second kappa shape index (κ2) is 5.92. The number of amides is 1. The first-order valence-corrected chi connectivity index (χ1v) is 8.06. The van der Waals surface area contributed by atoms with Crippen LogP contribution in [0.3, 0.4) is 0 Å². The van der Waals surface area contributed by atoms with Crippen molar-refractivity contribution in [1.82, 2.24) is 24.6 Å². The molecule has 0 saturated heterocycles. The summed E-state index contributed by atoms with van der Waals surface area (Å²) in [5.41, 5.74) is 3.00. The van der Waals surface area contributed by atoms with Crippen molar-refractivity contribution >= 4 is 17.5 Å². The summed E-state index contributed by atoms with van der Waals surface area (Å²) in [6, 6.07) is 0. The lowest BCUT2D eigenvalue weighted by molar-refractivity contribution is 0.0743. The Hall–Kier alpha value is -1.95. The van der Waals surface area contributed by atoms with Crippen molar-refractivity contribution in [2.75, 3.05) is 0 Å². The third-order valence-corrected chi connectivity index (χ3v) is 4.50. The molecule has 0 fully saturated rings. The van der Waals surface area contributed by atoms with Gasteiger partial charge in [0.2, 0.25) is 0 Å². The normalized spacial score (nSPS) is 13.7. The van der Waals surface area contributed by atoms with Crippen LogP contribution in [-0.2, 0) is 26.6 Å². The van der Waals surface area contributed by atoms with Crippen LogP contribution in [0.1, 0.15) is 47.1 Å². The number of halogens is 1. The van der Waals surface area contributed by atoms with Crippen LogP contribution >= 0.6 is 11.6 Å². The summed E-state index contributed by atoms with van der Waals surface area (Å²) in [6.45, 7) is 7.10. The third kappa shape index (κ3) is 2.95. The van der Waals surface area contributed by atoms with Gasteiger partial charge in [0.25, 0.3) is 5.91 Å². The largest absolute Gasteiger partial charge is 0.327 e. The minimum atomic E-state index is -0.165. The number of aryl methyl sites for hydroxylation is 1. The lowest BCUT2D eigenvalue weighted by Gasteiger charge is -2.13. The first-order chi connectivity index (χ1) is 10.9. The Morgan fingerprint density at radius 1 is 1.39 bits per heavy atom. The van der Waals surface area contributed by atoms with Crippen molar-refractivity contribution in [3.8, 4) is 0 Å². The van der Waals surface area contributed by atoms with Crippen LogP contribution in [0.15, 0.2) is 6.20 Å². The van der Waals surface area contributed by atoms with Gasteiger partial charge in [-0.25, -0.2) is 9.97 Å². The number of hydrogen-bond donors (Lipinski definition) is 0. The van der Waals surface area contributed by atoms with Crippen molar-refractivity contribution in [2.24, 2.45) is 13.0 Å². The van der Waals surface area contributed by atoms with Crippen molar-refractivity contribution in [1.29, 1.82) is 0 Å². The number of hydrogen-bond acceptors (Lipinski definition) is 4. The standard InChI is InChI=1S/C16H20ClN5O/c1-9(2)5-13-18-6-11-7-22(8-12(11)19-13)16(23)15-14(17)10(3)21(4)20-15/h6,9H,5,7-8H2,1-4H3. The Balaban J connectivity index is 1.81. The molecule has 1 aliphatic rings. The second-order valence-corrected chi connectivity index (χ2v) is 6.77. The zero-order chi connectivity index (χ0) is 16.7. The van der Waals surface area contributed by atoms with Crippen LogP contribution < -0.4 is 0 Å².